The number of nitrogens with one attached hydrogen (secondary N) is 1. The third-order valence-corrected chi connectivity index (χ3v) is 5.27. The van der Waals surface area contributed by atoms with Gasteiger partial charge in [-0.25, -0.2) is 4.79 Å². The predicted molar refractivity (Wildman–Crippen MR) is 130 cm³/mol. The van der Waals surface area contributed by atoms with E-state index < -0.39 is 12.3 Å². The Morgan fingerprint density at radius 2 is 1.89 bits per heavy atom. The van der Waals surface area contributed by atoms with Gasteiger partial charge in [-0.15, -0.1) is 0 Å². The summed E-state index contributed by atoms with van der Waals surface area (Å²) in [5.41, 5.74) is 1.70. The maximum absolute atomic E-state index is 12.7. The fourth-order valence-electron chi connectivity index (χ4n) is 3.73. The zero-order chi connectivity index (χ0) is 25.7. The number of anilines is 1. The Balaban J connectivity index is 1.47. The summed E-state index contributed by atoms with van der Waals surface area (Å²) in [5.74, 6) is 1.40. The normalized spacial score (nSPS) is 14.1. The zero-order valence-corrected chi connectivity index (χ0v) is 19.7. The summed E-state index contributed by atoms with van der Waals surface area (Å²) in [4.78, 5) is 23.7. The average molecular weight is 488 g/mol. The summed E-state index contributed by atoms with van der Waals surface area (Å²) in [6, 6.07) is 18.7. The van der Waals surface area contributed by atoms with Crippen LogP contribution in [0, 0.1) is 11.3 Å². The molecule has 1 heterocycles. The number of fused-ring (bicyclic) bond motifs is 1. The molecule has 4 rings (SSSR count). The van der Waals surface area contributed by atoms with Crippen LogP contribution in [0.3, 0.4) is 0 Å². The van der Waals surface area contributed by atoms with E-state index in [0.29, 0.717) is 40.5 Å². The van der Waals surface area contributed by atoms with Crippen molar-refractivity contribution in [2.45, 2.75) is 32.5 Å². The number of benzene rings is 3. The second-order valence-corrected chi connectivity index (χ2v) is 8.28. The minimum absolute atomic E-state index is 0.0197. The smallest absolute Gasteiger partial charge is 0.493 e. The van der Waals surface area contributed by atoms with Crippen molar-refractivity contribution in [1.29, 1.82) is 5.26 Å². The van der Waals surface area contributed by atoms with Crippen LogP contribution in [0.15, 0.2) is 60.7 Å². The Hall–Kier alpha value is -4.71. The van der Waals surface area contributed by atoms with Crippen molar-refractivity contribution in [2.24, 2.45) is 0 Å². The molecule has 0 saturated heterocycles. The number of hydrogen-bond donors (Lipinski definition) is 2. The number of carboxylic acid groups (broad SMARTS) is 1. The van der Waals surface area contributed by atoms with Gasteiger partial charge in [-0.3, -0.25) is 4.79 Å². The molecule has 0 radical (unpaired) electrons. The lowest BCUT2D eigenvalue weighted by Gasteiger charge is -2.25. The van der Waals surface area contributed by atoms with Crippen LogP contribution in [0.1, 0.15) is 47.9 Å². The van der Waals surface area contributed by atoms with Crippen LogP contribution in [0.5, 0.6) is 23.0 Å². The van der Waals surface area contributed by atoms with Gasteiger partial charge in [0.2, 0.25) is 0 Å². The standard InChI is InChI=1S/C27H24N2O7/c1-16(2)34-21-5-3-4-19(13-21)29-26(30)17-6-8-20(9-7-17)35-24-14-25-22(12-18(24)15-28)23(10-11-33-25)36-27(31)32/h3-9,12-14,16,23H,10-11H2,1-2H3,(H,29,30)(H,31,32). The predicted octanol–water partition coefficient (Wildman–Crippen LogP) is 5.91. The van der Waals surface area contributed by atoms with E-state index >= 15 is 0 Å². The van der Waals surface area contributed by atoms with Gasteiger partial charge >= 0.3 is 6.16 Å². The highest BCUT2D eigenvalue weighted by atomic mass is 16.7. The number of hydrogen-bond acceptors (Lipinski definition) is 7. The van der Waals surface area contributed by atoms with E-state index in [-0.39, 0.29) is 29.9 Å². The third kappa shape index (κ3) is 5.85. The molecule has 3 aromatic rings. The van der Waals surface area contributed by atoms with E-state index in [9.17, 15) is 14.9 Å². The number of rotatable bonds is 7. The number of nitriles is 1. The van der Waals surface area contributed by atoms with Crippen molar-refractivity contribution in [3.8, 4) is 29.1 Å². The molecule has 0 bridgehead atoms. The summed E-state index contributed by atoms with van der Waals surface area (Å²) in [6.45, 7) is 4.12. The van der Waals surface area contributed by atoms with E-state index in [0.717, 1.165) is 0 Å². The third-order valence-electron chi connectivity index (χ3n) is 5.27. The maximum Gasteiger partial charge on any atom is 0.506 e. The zero-order valence-electron chi connectivity index (χ0n) is 19.7. The monoisotopic (exact) mass is 488 g/mol. The van der Waals surface area contributed by atoms with Crippen LogP contribution in [-0.4, -0.2) is 29.9 Å². The van der Waals surface area contributed by atoms with Crippen molar-refractivity contribution >= 4 is 17.7 Å². The molecule has 9 heteroatoms. The first-order valence-corrected chi connectivity index (χ1v) is 11.3. The van der Waals surface area contributed by atoms with E-state index in [4.69, 9.17) is 24.1 Å². The van der Waals surface area contributed by atoms with Gasteiger partial charge in [0.1, 0.15) is 35.2 Å². The first-order chi connectivity index (χ1) is 17.3. The first-order valence-electron chi connectivity index (χ1n) is 11.3. The maximum atomic E-state index is 12.7. The Bertz CT molecular complexity index is 1310. The van der Waals surface area contributed by atoms with Gasteiger partial charge < -0.3 is 29.4 Å². The molecular formula is C27H24N2O7. The second-order valence-electron chi connectivity index (χ2n) is 8.28. The highest BCUT2D eigenvalue weighted by Crippen LogP contribution is 2.40. The lowest BCUT2D eigenvalue weighted by Crippen LogP contribution is -2.19. The molecule has 36 heavy (non-hydrogen) atoms. The van der Waals surface area contributed by atoms with Crippen LogP contribution in [0.2, 0.25) is 0 Å². The van der Waals surface area contributed by atoms with E-state index in [2.05, 4.69) is 11.4 Å². The van der Waals surface area contributed by atoms with Crippen LogP contribution in [0.25, 0.3) is 0 Å². The van der Waals surface area contributed by atoms with Crippen molar-refractivity contribution < 1.29 is 33.6 Å². The number of carbonyl (C=O) groups excluding carboxylic acids is 1. The summed E-state index contributed by atoms with van der Waals surface area (Å²) >= 11 is 0. The van der Waals surface area contributed by atoms with Crippen LogP contribution >= 0.6 is 0 Å². The van der Waals surface area contributed by atoms with Gasteiger partial charge in [-0.2, -0.15) is 5.26 Å². The van der Waals surface area contributed by atoms with Crippen molar-refractivity contribution in [3.63, 3.8) is 0 Å². The highest BCUT2D eigenvalue weighted by Gasteiger charge is 2.27. The van der Waals surface area contributed by atoms with Gasteiger partial charge in [0, 0.05) is 35.4 Å². The lowest BCUT2D eigenvalue weighted by atomic mass is 10.00. The fraction of sp³-hybridized carbons (Fsp3) is 0.222. The summed E-state index contributed by atoms with van der Waals surface area (Å²) in [5, 5.41) is 21.4. The van der Waals surface area contributed by atoms with Crippen LogP contribution in [-0.2, 0) is 4.74 Å². The second kappa shape index (κ2) is 10.7. The largest absolute Gasteiger partial charge is 0.506 e. The number of nitrogens with zero attached hydrogens (tertiary/aromatic N) is 1. The molecule has 0 saturated carbocycles. The molecule has 1 amide bonds. The molecule has 1 aliphatic rings. The summed E-state index contributed by atoms with van der Waals surface area (Å²) in [6.07, 6.45) is -1.75. The minimum atomic E-state index is -1.40. The molecule has 1 unspecified atom stereocenters. The molecule has 0 aliphatic carbocycles. The van der Waals surface area contributed by atoms with Crippen molar-refractivity contribution in [3.05, 3.63) is 77.4 Å². The van der Waals surface area contributed by atoms with Crippen LogP contribution < -0.4 is 19.5 Å². The topological polar surface area (TPSA) is 127 Å². The van der Waals surface area contributed by atoms with Crippen molar-refractivity contribution in [2.75, 3.05) is 11.9 Å². The number of carbonyl (C=O) groups is 2. The molecule has 2 N–H and O–H groups in total. The summed E-state index contributed by atoms with van der Waals surface area (Å²) in [7, 11) is 0. The molecule has 0 spiro atoms. The number of ether oxygens (including phenoxy) is 4. The quantitative estimate of drug-likeness (QED) is 0.393. The number of amides is 1. The molecule has 3 aromatic carbocycles. The van der Waals surface area contributed by atoms with E-state index in [1.165, 1.54) is 12.1 Å². The molecule has 0 aromatic heterocycles. The molecule has 9 nitrogen and oxygen atoms in total. The lowest BCUT2D eigenvalue weighted by molar-refractivity contribution is 0.0326. The van der Waals surface area contributed by atoms with E-state index in [1.807, 2.05) is 19.9 Å². The highest BCUT2D eigenvalue weighted by molar-refractivity contribution is 6.04. The molecule has 184 valence electrons. The Kier molecular flexibility index (Phi) is 7.25. The van der Waals surface area contributed by atoms with Gasteiger partial charge in [-0.1, -0.05) is 6.07 Å². The van der Waals surface area contributed by atoms with E-state index in [1.54, 1.807) is 42.5 Å². The Labute approximate surface area is 207 Å². The minimum Gasteiger partial charge on any atom is -0.493 e. The molecule has 1 aliphatic heterocycles. The SMILES string of the molecule is CC(C)Oc1cccc(NC(=O)c2ccc(Oc3cc4c(cc3C#N)C(OC(=O)O)CCO4)cc2)c1. The Morgan fingerprint density at radius 3 is 2.58 bits per heavy atom. The van der Waals surface area contributed by atoms with Crippen molar-refractivity contribution in [1.82, 2.24) is 0 Å². The van der Waals surface area contributed by atoms with Gasteiger partial charge in [-0.05, 0) is 56.3 Å². The van der Waals surface area contributed by atoms with Gasteiger partial charge in [0.05, 0.1) is 18.3 Å². The molecular weight excluding hydrogens is 464 g/mol. The van der Waals surface area contributed by atoms with Gasteiger partial charge in [0.15, 0.2) is 0 Å². The fourth-order valence-corrected chi connectivity index (χ4v) is 3.73. The molecule has 0 fully saturated rings. The Morgan fingerprint density at radius 1 is 1.11 bits per heavy atom. The molecule has 1 atom stereocenters. The first kappa shape index (κ1) is 24.4. The summed E-state index contributed by atoms with van der Waals surface area (Å²) < 4.78 is 22.1. The van der Waals surface area contributed by atoms with Gasteiger partial charge in [0.25, 0.3) is 5.91 Å². The van der Waals surface area contributed by atoms with Crippen LogP contribution in [0.4, 0.5) is 10.5 Å². The average Bonchev–Trinajstić information content (AvgIpc) is 2.84.